The van der Waals surface area contributed by atoms with E-state index in [4.69, 9.17) is 9.73 Å². The number of para-hydroxylation sites is 1. The number of rotatable bonds is 6. The van der Waals surface area contributed by atoms with Crippen LogP contribution in [-0.2, 0) is 11.3 Å². The van der Waals surface area contributed by atoms with Crippen molar-refractivity contribution in [1.82, 2.24) is 15.6 Å². The van der Waals surface area contributed by atoms with Gasteiger partial charge in [0.25, 0.3) is 0 Å². The molecule has 0 aliphatic carbocycles. The molecule has 5 nitrogen and oxygen atoms in total. The van der Waals surface area contributed by atoms with Gasteiger partial charge >= 0.3 is 0 Å². The normalized spacial score (nSPS) is 13.7. The molecule has 1 unspecified atom stereocenters. The number of benzene rings is 1. The van der Waals surface area contributed by atoms with Gasteiger partial charge in [0.1, 0.15) is 0 Å². The van der Waals surface area contributed by atoms with Crippen LogP contribution < -0.4 is 10.6 Å². The third-order valence-corrected chi connectivity index (χ3v) is 4.20. The number of aromatic nitrogens is 1. The standard InChI is InChI=1S/C20H30N4O/c1-6-21-19(24-14-18(25-5)20(2,3)4)23-13-15-11-12-22-17-10-8-7-9-16(15)17/h7-12,18H,6,13-14H2,1-5H3,(H2,21,23,24). The highest BCUT2D eigenvalue weighted by Crippen LogP contribution is 2.21. The Morgan fingerprint density at radius 2 is 1.96 bits per heavy atom. The molecule has 0 saturated heterocycles. The Hall–Kier alpha value is -2.14. The third-order valence-electron chi connectivity index (χ3n) is 4.20. The predicted octanol–water partition coefficient (Wildman–Crippen LogP) is 3.35. The highest BCUT2D eigenvalue weighted by atomic mass is 16.5. The van der Waals surface area contributed by atoms with Crippen LogP contribution in [0.15, 0.2) is 41.5 Å². The number of hydrogen-bond acceptors (Lipinski definition) is 3. The molecular weight excluding hydrogens is 312 g/mol. The first kappa shape index (κ1) is 19.2. The quantitative estimate of drug-likeness (QED) is 0.624. The average Bonchev–Trinajstić information content (AvgIpc) is 2.59. The number of methoxy groups -OCH3 is 1. The second-order valence-electron chi connectivity index (χ2n) is 7.15. The van der Waals surface area contributed by atoms with Crippen molar-refractivity contribution in [2.75, 3.05) is 20.2 Å². The fourth-order valence-corrected chi connectivity index (χ4v) is 2.73. The second-order valence-corrected chi connectivity index (χ2v) is 7.15. The Balaban J connectivity index is 2.11. The van der Waals surface area contributed by atoms with Gasteiger partial charge in [-0.25, -0.2) is 4.99 Å². The first-order chi connectivity index (χ1) is 12.0. The summed E-state index contributed by atoms with van der Waals surface area (Å²) in [4.78, 5) is 9.14. The van der Waals surface area contributed by atoms with Gasteiger partial charge in [0.05, 0.1) is 18.2 Å². The molecular formula is C20H30N4O. The first-order valence-corrected chi connectivity index (χ1v) is 8.83. The highest BCUT2D eigenvalue weighted by molar-refractivity contribution is 5.83. The van der Waals surface area contributed by atoms with Crippen LogP contribution in [-0.4, -0.2) is 37.2 Å². The van der Waals surface area contributed by atoms with E-state index in [-0.39, 0.29) is 11.5 Å². The second kappa shape index (κ2) is 8.81. The zero-order valence-corrected chi connectivity index (χ0v) is 16.0. The van der Waals surface area contributed by atoms with E-state index in [1.807, 2.05) is 30.5 Å². The first-order valence-electron chi connectivity index (χ1n) is 8.83. The summed E-state index contributed by atoms with van der Waals surface area (Å²) in [5, 5.41) is 7.84. The Morgan fingerprint density at radius 3 is 2.64 bits per heavy atom. The summed E-state index contributed by atoms with van der Waals surface area (Å²) in [6, 6.07) is 10.2. The molecule has 1 atom stereocenters. The van der Waals surface area contributed by atoms with Gasteiger partial charge in [-0.3, -0.25) is 4.98 Å². The van der Waals surface area contributed by atoms with Crippen LogP contribution in [0.4, 0.5) is 0 Å². The summed E-state index contributed by atoms with van der Waals surface area (Å²) in [5.74, 6) is 0.801. The lowest BCUT2D eigenvalue weighted by molar-refractivity contribution is 0.0205. The van der Waals surface area contributed by atoms with Crippen molar-refractivity contribution in [2.24, 2.45) is 10.4 Å². The zero-order valence-electron chi connectivity index (χ0n) is 16.0. The van der Waals surface area contributed by atoms with Gasteiger partial charge in [0.15, 0.2) is 5.96 Å². The lowest BCUT2D eigenvalue weighted by Crippen LogP contribution is -2.45. The fourth-order valence-electron chi connectivity index (χ4n) is 2.73. The van der Waals surface area contributed by atoms with Crippen molar-refractivity contribution >= 4 is 16.9 Å². The van der Waals surface area contributed by atoms with Crippen LogP contribution in [0.3, 0.4) is 0 Å². The molecule has 0 radical (unpaired) electrons. The molecule has 25 heavy (non-hydrogen) atoms. The molecule has 0 aliphatic rings. The summed E-state index contributed by atoms with van der Waals surface area (Å²) in [7, 11) is 1.75. The minimum absolute atomic E-state index is 0.0698. The number of hydrogen-bond donors (Lipinski definition) is 2. The average molecular weight is 342 g/mol. The van der Waals surface area contributed by atoms with Gasteiger partial charge in [-0.1, -0.05) is 39.0 Å². The molecule has 2 aromatic rings. The number of fused-ring (bicyclic) bond motifs is 1. The van der Waals surface area contributed by atoms with E-state index >= 15 is 0 Å². The number of ether oxygens (including phenoxy) is 1. The van der Waals surface area contributed by atoms with Crippen molar-refractivity contribution in [2.45, 2.75) is 40.3 Å². The molecule has 0 aliphatic heterocycles. The van der Waals surface area contributed by atoms with Crippen LogP contribution in [0.2, 0.25) is 0 Å². The lowest BCUT2D eigenvalue weighted by Gasteiger charge is -2.30. The van der Waals surface area contributed by atoms with Gasteiger partial charge < -0.3 is 15.4 Å². The van der Waals surface area contributed by atoms with Crippen LogP contribution in [0, 0.1) is 5.41 Å². The molecule has 2 rings (SSSR count). The predicted molar refractivity (Wildman–Crippen MR) is 105 cm³/mol. The fraction of sp³-hybridized carbons (Fsp3) is 0.500. The molecule has 1 heterocycles. The van der Waals surface area contributed by atoms with Gasteiger partial charge in [-0.05, 0) is 30.0 Å². The Kier molecular flexibility index (Phi) is 6.76. The van der Waals surface area contributed by atoms with E-state index in [0.717, 1.165) is 23.4 Å². The summed E-state index contributed by atoms with van der Waals surface area (Å²) in [5.41, 5.74) is 2.24. The molecule has 1 aromatic carbocycles. The Labute approximate surface area is 150 Å². The van der Waals surface area contributed by atoms with Crippen molar-refractivity contribution in [1.29, 1.82) is 0 Å². The SMILES string of the molecule is CCNC(=NCc1ccnc2ccccc12)NCC(OC)C(C)(C)C. The van der Waals surface area contributed by atoms with Crippen molar-refractivity contribution in [3.05, 3.63) is 42.1 Å². The molecule has 0 bridgehead atoms. The van der Waals surface area contributed by atoms with Crippen molar-refractivity contribution < 1.29 is 4.74 Å². The van der Waals surface area contributed by atoms with E-state index < -0.39 is 0 Å². The third kappa shape index (κ3) is 5.43. The number of nitrogens with zero attached hydrogens (tertiary/aromatic N) is 2. The summed E-state index contributed by atoms with van der Waals surface area (Å²) in [6.45, 7) is 10.7. The van der Waals surface area contributed by atoms with Gasteiger partial charge in [-0.15, -0.1) is 0 Å². The van der Waals surface area contributed by atoms with E-state index in [0.29, 0.717) is 13.1 Å². The summed E-state index contributed by atoms with van der Waals surface area (Å²) < 4.78 is 5.61. The minimum atomic E-state index is 0.0698. The largest absolute Gasteiger partial charge is 0.379 e. The molecule has 2 N–H and O–H groups in total. The van der Waals surface area contributed by atoms with Crippen LogP contribution in [0.5, 0.6) is 0 Å². The van der Waals surface area contributed by atoms with E-state index in [1.165, 1.54) is 5.56 Å². The van der Waals surface area contributed by atoms with Gasteiger partial charge in [0.2, 0.25) is 0 Å². The van der Waals surface area contributed by atoms with Gasteiger partial charge in [0, 0.05) is 31.8 Å². The Morgan fingerprint density at radius 1 is 1.20 bits per heavy atom. The maximum absolute atomic E-state index is 5.61. The molecule has 0 amide bonds. The number of guanidine groups is 1. The van der Waals surface area contributed by atoms with Crippen molar-refractivity contribution in [3.8, 4) is 0 Å². The molecule has 0 saturated carbocycles. The number of nitrogens with one attached hydrogen (secondary N) is 2. The summed E-state index contributed by atoms with van der Waals surface area (Å²) in [6.07, 6.45) is 1.95. The zero-order chi connectivity index (χ0) is 18.3. The number of aliphatic imine (C=N–C) groups is 1. The lowest BCUT2D eigenvalue weighted by atomic mass is 9.89. The van der Waals surface area contributed by atoms with Crippen LogP contribution in [0.1, 0.15) is 33.3 Å². The highest BCUT2D eigenvalue weighted by Gasteiger charge is 2.24. The number of pyridine rings is 1. The van der Waals surface area contributed by atoms with Crippen molar-refractivity contribution in [3.63, 3.8) is 0 Å². The monoisotopic (exact) mass is 342 g/mol. The van der Waals surface area contributed by atoms with E-state index in [9.17, 15) is 0 Å². The van der Waals surface area contributed by atoms with Crippen LogP contribution in [0.25, 0.3) is 10.9 Å². The molecule has 136 valence electrons. The minimum Gasteiger partial charge on any atom is -0.379 e. The van der Waals surface area contributed by atoms with E-state index in [1.54, 1.807) is 7.11 Å². The maximum Gasteiger partial charge on any atom is 0.191 e. The molecule has 5 heteroatoms. The Bertz CT molecular complexity index is 701. The van der Waals surface area contributed by atoms with Gasteiger partial charge in [-0.2, -0.15) is 0 Å². The maximum atomic E-state index is 5.61. The molecule has 1 aromatic heterocycles. The molecule has 0 spiro atoms. The smallest absolute Gasteiger partial charge is 0.191 e. The van der Waals surface area contributed by atoms with E-state index in [2.05, 4.69) is 49.4 Å². The topological polar surface area (TPSA) is 58.5 Å². The van der Waals surface area contributed by atoms with Crippen LogP contribution >= 0.6 is 0 Å². The molecule has 0 fully saturated rings. The summed E-state index contributed by atoms with van der Waals surface area (Å²) >= 11 is 0.